The van der Waals surface area contributed by atoms with Crippen LogP contribution < -0.4 is 20.9 Å². The number of hydrogen-bond acceptors (Lipinski definition) is 12. The molecule has 0 aliphatic carbocycles. The summed E-state index contributed by atoms with van der Waals surface area (Å²) in [4.78, 5) is 31.1. The molecule has 45 heavy (non-hydrogen) atoms. The van der Waals surface area contributed by atoms with Crippen molar-refractivity contribution in [3.05, 3.63) is 89.5 Å². The molecule has 0 saturated carbocycles. The first-order valence-electron chi connectivity index (χ1n) is 14.6. The van der Waals surface area contributed by atoms with E-state index in [1.54, 1.807) is 23.0 Å². The van der Waals surface area contributed by atoms with Crippen LogP contribution in [-0.4, -0.2) is 71.3 Å². The van der Waals surface area contributed by atoms with Gasteiger partial charge in [-0.3, -0.25) is 14.6 Å². The van der Waals surface area contributed by atoms with E-state index in [4.69, 9.17) is 0 Å². The van der Waals surface area contributed by atoms with Crippen molar-refractivity contribution in [2.45, 2.75) is 45.2 Å². The predicted octanol–water partition coefficient (Wildman–Crippen LogP) is 3.11. The molecule has 4 aromatic heterocycles. The van der Waals surface area contributed by atoms with Crippen molar-refractivity contribution >= 4 is 45.0 Å². The predicted molar refractivity (Wildman–Crippen MR) is 170 cm³/mol. The molecule has 15 heteroatoms. The van der Waals surface area contributed by atoms with Gasteiger partial charge in [-0.25, -0.2) is 4.68 Å². The number of carbonyl (C=O) groups is 2. The van der Waals surface area contributed by atoms with Gasteiger partial charge in [-0.05, 0) is 43.2 Å². The van der Waals surface area contributed by atoms with Crippen molar-refractivity contribution in [1.29, 1.82) is 0 Å². The summed E-state index contributed by atoms with van der Waals surface area (Å²) in [7, 11) is 0. The molecular weight excluding hydrogens is 592 g/mol. The first kappa shape index (κ1) is 29.7. The van der Waals surface area contributed by atoms with Crippen LogP contribution in [0.3, 0.4) is 0 Å². The number of aryl methyl sites for hydroxylation is 2. The fraction of sp³-hybridized carbons (Fsp3) is 0.300. The number of nitrogens with zero attached hydrogens (tertiary/aromatic N) is 9. The first-order valence-corrected chi connectivity index (χ1v) is 15.4. The molecule has 1 aliphatic heterocycles. The maximum atomic E-state index is 12.5. The van der Waals surface area contributed by atoms with Gasteiger partial charge in [0.1, 0.15) is 0 Å². The molecule has 5 aromatic rings. The highest BCUT2D eigenvalue weighted by molar-refractivity contribution is 7.19. The van der Waals surface area contributed by atoms with Crippen molar-refractivity contribution in [3.63, 3.8) is 0 Å². The van der Waals surface area contributed by atoms with Gasteiger partial charge in [0, 0.05) is 50.1 Å². The lowest BCUT2D eigenvalue weighted by Crippen LogP contribution is -2.26. The molecule has 230 valence electrons. The topological polar surface area (TPSA) is 169 Å². The Morgan fingerprint density at radius 3 is 2.58 bits per heavy atom. The Bertz CT molecular complexity index is 1720. The summed E-state index contributed by atoms with van der Waals surface area (Å²) in [5.74, 6) is 0.759. The van der Waals surface area contributed by atoms with Crippen molar-refractivity contribution < 1.29 is 9.59 Å². The average molecular weight is 625 g/mol. The molecule has 6 rings (SSSR count). The standard InChI is InChI=1S/C30H32N12O2S/c1-20-5-7-21(8-6-20)17-42-19-24(35-40-42)9-12-27(43)33-25-10-11-26(37-36-25)41-15-13-23(18-41)32-29-38-39-30(45-29)34-28(44)16-22-4-2-3-14-31-22/h2-8,10-11,14,19,23H,9,12-13,15-18H2,1H3,(H,32,38)(H,33,36,43)(H,34,39,44)/t23-/m0/s1. The van der Waals surface area contributed by atoms with Gasteiger partial charge in [0.05, 0.1) is 18.7 Å². The van der Waals surface area contributed by atoms with Crippen LogP contribution in [0.5, 0.6) is 0 Å². The number of carbonyl (C=O) groups excluding carboxylic acids is 2. The quantitative estimate of drug-likeness (QED) is 0.186. The summed E-state index contributed by atoms with van der Waals surface area (Å²) in [6.07, 6.45) is 5.30. The van der Waals surface area contributed by atoms with E-state index >= 15 is 0 Å². The molecule has 2 amide bonds. The highest BCUT2D eigenvalue weighted by Gasteiger charge is 2.25. The van der Waals surface area contributed by atoms with Crippen LogP contribution in [0.1, 0.15) is 35.4 Å². The van der Waals surface area contributed by atoms with E-state index < -0.39 is 0 Å². The Kier molecular flexibility index (Phi) is 9.24. The highest BCUT2D eigenvalue weighted by atomic mass is 32.1. The van der Waals surface area contributed by atoms with Crippen LogP contribution in [0.15, 0.2) is 67.0 Å². The Morgan fingerprint density at radius 2 is 1.78 bits per heavy atom. The van der Waals surface area contributed by atoms with E-state index in [-0.39, 0.29) is 30.7 Å². The Labute approximate surface area is 263 Å². The second-order valence-electron chi connectivity index (χ2n) is 10.8. The summed E-state index contributed by atoms with van der Waals surface area (Å²) >= 11 is 1.29. The number of hydrogen-bond donors (Lipinski definition) is 3. The summed E-state index contributed by atoms with van der Waals surface area (Å²) in [6, 6.07) is 17.5. The van der Waals surface area contributed by atoms with Crippen molar-refractivity contribution in [3.8, 4) is 0 Å². The molecule has 1 fully saturated rings. The number of nitrogens with one attached hydrogen (secondary N) is 3. The van der Waals surface area contributed by atoms with Crippen LogP contribution in [0.25, 0.3) is 0 Å². The number of pyridine rings is 1. The molecule has 1 aliphatic rings. The normalized spacial score (nSPS) is 14.3. The number of aromatic nitrogens is 8. The van der Waals surface area contributed by atoms with Crippen LogP contribution in [-0.2, 0) is 29.0 Å². The first-order chi connectivity index (χ1) is 21.9. The molecule has 14 nitrogen and oxygen atoms in total. The van der Waals surface area contributed by atoms with E-state index in [2.05, 4.69) is 87.7 Å². The maximum Gasteiger partial charge on any atom is 0.232 e. The fourth-order valence-corrected chi connectivity index (χ4v) is 5.58. The van der Waals surface area contributed by atoms with E-state index in [1.807, 2.05) is 24.4 Å². The summed E-state index contributed by atoms with van der Waals surface area (Å²) in [5.41, 5.74) is 3.80. The minimum Gasteiger partial charge on any atom is -0.355 e. The Morgan fingerprint density at radius 1 is 0.911 bits per heavy atom. The lowest BCUT2D eigenvalue weighted by atomic mass is 10.1. The zero-order valence-electron chi connectivity index (χ0n) is 24.6. The van der Waals surface area contributed by atoms with Crippen molar-refractivity contribution in [2.75, 3.05) is 33.9 Å². The van der Waals surface area contributed by atoms with Gasteiger partial charge in [-0.1, -0.05) is 52.4 Å². The van der Waals surface area contributed by atoms with Gasteiger partial charge in [0.2, 0.25) is 22.1 Å². The number of benzene rings is 1. The molecule has 1 atom stereocenters. The second kappa shape index (κ2) is 14.0. The minimum atomic E-state index is -0.194. The van der Waals surface area contributed by atoms with Gasteiger partial charge in [-0.2, -0.15) is 0 Å². The van der Waals surface area contributed by atoms with Gasteiger partial charge in [0.25, 0.3) is 0 Å². The third-order valence-electron chi connectivity index (χ3n) is 7.16. The molecule has 3 N–H and O–H groups in total. The molecule has 1 saturated heterocycles. The van der Waals surface area contributed by atoms with Gasteiger partial charge in [0.15, 0.2) is 11.6 Å². The van der Waals surface area contributed by atoms with Crippen LogP contribution in [0.4, 0.5) is 21.9 Å². The van der Waals surface area contributed by atoms with Crippen LogP contribution in [0, 0.1) is 6.92 Å². The molecule has 0 radical (unpaired) electrons. The van der Waals surface area contributed by atoms with Gasteiger partial charge in [-0.15, -0.1) is 25.5 Å². The van der Waals surface area contributed by atoms with Gasteiger partial charge < -0.3 is 20.9 Å². The lowest BCUT2D eigenvalue weighted by molar-refractivity contribution is -0.116. The number of amides is 2. The molecule has 1 aromatic carbocycles. The fourth-order valence-electron chi connectivity index (χ4n) is 4.84. The third-order valence-corrected chi connectivity index (χ3v) is 7.93. The Balaban J connectivity index is 0.920. The van der Waals surface area contributed by atoms with Crippen molar-refractivity contribution in [2.24, 2.45) is 0 Å². The van der Waals surface area contributed by atoms with E-state index in [0.29, 0.717) is 41.3 Å². The minimum absolute atomic E-state index is 0.131. The van der Waals surface area contributed by atoms with Crippen molar-refractivity contribution in [1.82, 2.24) is 40.4 Å². The zero-order chi connectivity index (χ0) is 31.0. The largest absolute Gasteiger partial charge is 0.355 e. The van der Waals surface area contributed by atoms with E-state index in [0.717, 1.165) is 30.0 Å². The lowest BCUT2D eigenvalue weighted by Gasteiger charge is -2.17. The van der Waals surface area contributed by atoms with E-state index in [1.165, 1.54) is 16.9 Å². The summed E-state index contributed by atoms with van der Waals surface area (Å²) < 4.78 is 1.78. The molecular formula is C30H32N12O2S. The third kappa shape index (κ3) is 8.41. The monoisotopic (exact) mass is 624 g/mol. The number of rotatable bonds is 12. The maximum absolute atomic E-state index is 12.5. The average Bonchev–Trinajstić information content (AvgIpc) is 3.80. The van der Waals surface area contributed by atoms with Gasteiger partial charge >= 0.3 is 0 Å². The van der Waals surface area contributed by atoms with Crippen LogP contribution in [0.2, 0.25) is 0 Å². The number of anilines is 4. The second-order valence-corrected chi connectivity index (χ2v) is 11.7. The Hall–Kier alpha value is -5.31. The molecule has 0 bridgehead atoms. The molecule has 0 spiro atoms. The molecule has 0 unspecified atom stereocenters. The van der Waals surface area contributed by atoms with E-state index in [9.17, 15) is 9.59 Å². The summed E-state index contributed by atoms with van der Waals surface area (Å²) in [6.45, 7) is 4.17. The zero-order valence-corrected chi connectivity index (χ0v) is 25.4. The molecule has 5 heterocycles. The summed E-state index contributed by atoms with van der Waals surface area (Å²) in [5, 5.41) is 35.2. The SMILES string of the molecule is Cc1ccc(Cn2cc(CCC(=O)Nc3ccc(N4CC[C@H](Nc5nnc(NC(=O)Cc6ccccn6)s5)C4)nn3)nn2)cc1. The smallest absolute Gasteiger partial charge is 0.232 e. The van der Waals surface area contributed by atoms with Crippen LogP contribution >= 0.6 is 11.3 Å². The highest BCUT2D eigenvalue weighted by Crippen LogP contribution is 2.25.